The Kier molecular flexibility index (Phi) is 5.93. The average Bonchev–Trinajstić information content (AvgIpc) is 2.40. The highest BCUT2D eigenvalue weighted by Gasteiger charge is 2.19. The molecule has 2 rings (SSSR count). The number of piperidine rings is 2. The van der Waals surface area contributed by atoms with Crippen molar-refractivity contribution in [1.29, 1.82) is 0 Å². The molecule has 2 atom stereocenters. The molecule has 0 bridgehead atoms. The first-order valence-corrected chi connectivity index (χ1v) is 7.89. The summed E-state index contributed by atoms with van der Waals surface area (Å²) in [6.07, 6.45) is 7.03. The molecule has 2 fully saturated rings. The molecule has 0 aromatic heterocycles. The Labute approximate surface area is 113 Å². The van der Waals surface area contributed by atoms with Crippen LogP contribution in [0.1, 0.15) is 39.0 Å². The van der Waals surface area contributed by atoms with Gasteiger partial charge in [0.25, 0.3) is 0 Å². The van der Waals surface area contributed by atoms with Gasteiger partial charge in [-0.15, -0.1) is 0 Å². The predicted molar refractivity (Wildman–Crippen MR) is 78.0 cm³/mol. The molecular weight excluding hydrogens is 222 g/mol. The van der Waals surface area contributed by atoms with E-state index in [1.165, 1.54) is 71.4 Å². The number of nitrogens with zero attached hydrogens (tertiary/aromatic N) is 2. The number of nitrogens with one attached hydrogen (secondary N) is 1. The second-order valence-corrected chi connectivity index (χ2v) is 6.37. The largest absolute Gasteiger partial charge is 0.315 e. The van der Waals surface area contributed by atoms with Crippen molar-refractivity contribution < 1.29 is 0 Å². The lowest BCUT2D eigenvalue weighted by atomic mass is 9.98. The van der Waals surface area contributed by atoms with Crippen LogP contribution in [0.2, 0.25) is 0 Å². The van der Waals surface area contributed by atoms with Gasteiger partial charge in [0.05, 0.1) is 0 Å². The van der Waals surface area contributed by atoms with Gasteiger partial charge >= 0.3 is 0 Å². The van der Waals surface area contributed by atoms with Gasteiger partial charge in [0, 0.05) is 19.1 Å². The Morgan fingerprint density at radius 2 is 1.89 bits per heavy atom. The molecular formula is C15H31N3. The molecule has 3 heteroatoms. The standard InChI is InChI=1S/C15H31N3/c1-14(18-9-4-3-5-10-18)11-16-12-15-7-6-8-17(2)13-15/h14-16H,3-13H2,1-2H3. The highest BCUT2D eigenvalue weighted by atomic mass is 15.2. The van der Waals surface area contributed by atoms with E-state index in [1.54, 1.807) is 0 Å². The van der Waals surface area contributed by atoms with Gasteiger partial charge in [-0.25, -0.2) is 0 Å². The first-order chi connectivity index (χ1) is 8.75. The lowest BCUT2D eigenvalue weighted by Crippen LogP contribution is -2.45. The van der Waals surface area contributed by atoms with Crippen molar-refractivity contribution in [1.82, 2.24) is 15.1 Å². The third-order valence-electron chi connectivity index (χ3n) is 4.61. The van der Waals surface area contributed by atoms with Crippen molar-refractivity contribution in [2.45, 2.75) is 45.1 Å². The summed E-state index contributed by atoms with van der Waals surface area (Å²) < 4.78 is 0. The molecule has 2 unspecified atom stereocenters. The minimum Gasteiger partial charge on any atom is -0.315 e. The van der Waals surface area contributed by atoms with Crippen molar-refractivity contribution in [2.75, 3.05) is 46.3 Å². The van der Waals surface area contributed by atoms with E-state index in [0.29, 0.717) is 6.04 Å². The molecule has 0 saturated carbocycles. The van der Waals surface area contributed by atoms with E-state index < -0.39 is 0 Å². The maximum absolute atomic E-state index is 3.70. The fraction of sp³-hybridized carbons (Fsp3) is 1.00. The molecule has 2 aliphatic heterocycles. The van der Waals surface area contributed by atoms with E-state index in [1.807, 2.05) is 0 Å². The number of hydrogen-bond acceptors (Lipinski definition) is 3. The lowest BCUT2D eigenvalue weighted by molar-refractivity contribution is 0.164. The summed E-state index contributed by atoms with van der Waals surface area (Å²) in [5.41, 5.74) is 0. The monoisotopic (exact) mass is 253 g/mol. The van der Waals surface area contributed by atoms with Crippen molar-refractivity contribution in [3.05, 3.63) is 0 Å². The van der Waals surface area contributed by atoms with Gasteiger partial charge in [0.1, 0.15) is 0 Å². The second-order valence-electron chi connectivity index (χ2n) is 6.37. The summed E-state index contributed by atoms with van der Waals surface area (Å²) in [4.78, 5) is 5.13. The van der Waals surface area contributed by atoms with Crippen LogP contribution in [0.3, 0.4) is 0 Å². The maximum Gasteiger partial charge on any atom is 0.0192 e. The molecule has 3 nitrogen and oxygen atoms in total. The zero-order valence-electron chi connectivity index (χ0n) is 12.3. The fourth-order valence-corrected chi connectivity index (χ4v) is 3.42. The van der Waals surface area contributed by atoms with Crippen molar-refractivity contribution >= 4 is 0 Å². The number of hydrogen-bond donors (Lipinski definition) is 1. The maximum atomic E-state index is 3.70. The van der Waals surface area contributed by atoms with Crippen molar-refractivity contribution in [2.24, 2.45) is 5.92 Å². The summed E-state index contributed by atoms with van der Waals surface area (Å²) in [7, 11) is 2.25. The van der Waals surface area contributed by atoms with Crippen LogP contribution in [0.15, 0.2) is 0 Å². The SMILES string of the molecule is CC(CNCC1CCCN(C)C1)N1CCCCC1. The van der Waals surface area contributed by atoms with Gasteiger partial charge in [-0.3, -0.25) is 4.90 Å². The average molecular weight is 253 g/mol. The Balaban J connectivity index is 1.59. The van der Waals surface area contributed by atoms with E-state index in [0.717, 1.165) is 5.92 Å². The smallest absolute Gasteiger partial charge is 0.0192 e. The van der Waals surface area contributed by atoms with Crippen LogP contribution in [0, 0.1) is 5.92 Å². The Morgan fingerprint density at radius 1 is 1.11 bits per heavy atom. The number of rotatable bonds is 5. The first kappa shape index (κ1) is 14.3. The van der Waals surface area contributed by atoms with E-state index >= 15 is 0 Å². The molecule has 0 amide bonds. The first-order valence-electron chi connectivity index (χ1n) is 7.89. The Morgan fingerprint density at radius 3 is 2.61 bits per heavy atom. The molecule has 18 heavy (non-hydrogen) atoms. The summed E-state index contributed by atoms with van der Waals surface area (Å²) in [6.45, 7) is 9.96. The van der Waals surface area contributed by atoms with E-state index in [9.17, 15) is 0 Å². The molecule has 0 aromatic rings. The summed E-state index contributed by atoms with van der Waals surface area (Å²) >= 11 is 0. The normalized spacial score (nSPS) is 29.3. The van der Waals surface area contributed by atoms with E-state index in [4.69, 9.17) is 0 Å². The lowest BCUT2D eigenvalue weighted by Gasteiger charge is -2.34. The molecule has 0 spiro atoms. The molecule has 0 aromatic carbocycles. The van der Waals surface area contributed by atoms with Crippen LogP contribution in [0.25, 0.3) is 0 Å². The van der Waals surface area contributed by atoms with Crippen LogP contribution in [-0.4, -0.2) is 62.2 Å². The molecule has 0 aliphatic carbocycles. The highest BCUT2D eigenvalue weighted by molar-refractivity contribution is 4.76. The third kappa shape index (κ3) is 4.52. The van der Waals surface area contributed by atoms with E-state index in [2.05, 4.69) is 29.1 Å². The zero-order chi connectivity index (χ0) is 12.8. The minimum atomic E-state index is 0.714. The minimum absolute atomic E-state index is 0.714. The van der Waals surface area contributed by atoms with Gasteiger partial charge in [-0.1, -0.05) is 6.42 Å². The molecule has 2 aliphatic rings. The zero-order valence-corrected chi connectivity index (χ0v) is 12.3. The van der Waals surface area contributed by atoms with Crippen molar-refractivity contribution in [3.8, 4) is 0 Å². The van der Waals surface area contributed by atoms with Gasteiger partial charge in [0.15, 0.2) is 0 Å². The van der Waals surface area contributed by atoms with Crippen molar-refractivity contribution in [3.63, 3.8) is 0 Å². The molecule has 1 N–H and O–H groups in total. The summed E-state index contributed by atoms with van der Waals surface area (Å²) in [6, 6.07) is 0.714. The molecule has 106 valence electrons. The third-order valence-corrected chi connectivity index (χ3v) is 4.61. The fourth-order valence-electron chi connectivity index (χ4n) is 3.42. The van der Waals surface area contributed by atoms with Gasteiger partial charge in [-0.05, 0) is 71.8 Å². The van der Waals surface area contributed by atoms with Gasteiger partial charge in [-0.2, -0.15) is 0 Å². The van der Waals surface area contributed by atoms with Gasteiger partial charge < -0.3 is 10.2 Å². The van der Waals surface area contributed by atoms with Crippen LogP contribution in [0.5, 0.6) is 0 Å². The van der Waals surface area contributed by atoms with E-state index in [-0.39, 0.29) is 0 Å². The quantitative estimate of drug-likeness (QED) is 0.806. The Hall–Kier alpha value is -0.120. The van der Waals surface area contributed by atoms with Crippen LogP contribution in [-0.2, 0) is 0 Å². The summed E-state index contributed by atoms with van der Waals surface area (Å²) in [5.74, 6) is 0.873. The second kappa shape index (κ2) is 7.46. The summed E-state index contributed by atoms with van der Waals surface area (Å²) in [5, 5.41) is 3.70. The molecule has 0 radical (unpaired) electrons. The Bertz CT molecular complexity index is 226. The topological polar surface area (TPSA) is 18.5 Å². The predicted octanol–water partition coefficient (Wildman–Crippen LogP) is 1.79. The number of likely N-dealkylation sites (tertiary alicyclic amines) is 2. The molecule has 2 heterocycles. The highest BCUT2D eigenvalue weighted by Crippen LogP contribution is 2.14. The van der Waals surface area contributed by atoms with Gasteiger partial charge in [0.2, 0.25) is 0 Å². The van der Waals surface area contributed by atoms with Crippen LogP contribution < -0.4 is 5.32 Å². The van der Waals surface area contributed by atoms with Crippen LogP contribution >= 0.6 is 0 Å². The van der Waals surface area contributed by atoms with Crippen LogP contribution in [0.4, 0.5) is 0 Å². The molecule has 2 saturated heterocycles.